The lowest BCUT2D eigenvalue weighted by atomic mass is 10.1. The van der Waals surface area contributed by atoms with Crippen LogP contribution in [-0.4, -0.2) is 65.9 Å². The minimum Gasteiger partial charge on any atom is -0.336 e. The zero-order valence-electron chi connectivity index (χ0n) is 16.3. The van der Waals surface area contributed by atoms with Gasteiger partial charge in [0.25, 0.3) is 15.9 Å². The molecule has 2 aliphatic heterocycles. The first-order chi connectivity index (χ1) is 14.2. The van der Waals surface area contributed by atoms with Crippen LogP contribution in [0.25, 0.3) is 0 Å². The summed E-state index contributed by atoms with van der Waals surface area (Å²) in [5, 5.41) is 2.63. The van der Waals surface area contributed by atoms with Gasteiger partial charge >= 0.3 is 4.87 Å². The van der Waals surface area contributed by atoms with E-state index >= 15 is 0 Å². The van der Waals surface area contributed by atoms with Gasteiger partial charge in [0.15, 0.2) is 4.21 Å². The number of hydrogen-bond donors (Lipinski definition) is 2. The van der Waals surface area contributed by atoms with Crippen LogP contribution >= 0.6 is 23.1 Å². The molecule has 2 N–H and O–H groups in total. The van der Waals surface area contributed by atoms with Gasteiger partial charge in [0.2, 0.25) is 5.91 Å². The minimum absolute atomic E-state index is 0.0180. The van der Waals surface area contributed by atoms with Crippen LogP contribution in [-0.2, 0) is 14.8 Å². The second-order valence-electron chi connectivity index (χ2n) is 7.08. The van der Waals surface area contributed by atoms with Gasteiger partial charge in [-0.3, -0.25) is 14.4 Å². The van der Waals surface area contributed by atoms with Crippen molar-refractivity contribution in [2.75, 3.05) is 31.5 Å². The van der Waals surface area contributed by atoms with Gasteiger partial charge in [-0.15, -0.1) is 11.8 Å². The monoisotopic (exact) mass is 468 g/mol. The Balaban J connectivity index is 1.46. The topological polar surface area (TPSA) is 120 Å². The van der Waals surface area contributed by atoms with Crippen LogP contribution < -0.4 is 10.2 Å². The number of thiazole rings is 1. The van der Waals surface area contributed by atoms with Crippen molar-refractivity contribution in [3.8, 4) is 0 Å². The molecule has 0 radical (unpaired) electrons. The third kappa shape index (κ3) is 3.80. The lowest BCUT2D eigenvalue weighted by molar-refractivity contribution is -0.115. The number of anilines is 1. The maximum absolute atomic E-state index is 12.9. The molecule has 9 nitrogen and oxygen atoms in total. The van der Waals surface area contributed by atoms with Gasteiger partial charge in [-0.25, -0.2) is 8.42 Å². The highest BCUT2D eigenvalue weighted by molar-refractivity contribution is 8.01. The fraction of sp³-hybridized carbons (Fsp3) is 0.389. The van der Waals surface area contributed by atoms with E-state index < -0.39 is 14.9 Å². The number of hydrogen-bond acceptors (Lipinski definition) is 7. The summed E-state index contributed by atoms with van der Waals surface area (Å²) in [7, 11) is -3.78. The maximum atomic E-state index is 12.9. The number of benzene rings is 1. The largest absolute Gasteiger partial charge is 0.336 e. The van der Waals surface area contributed by atoms with Gasteiger partial charge in [0.1, 0.15) is 0 Å². The van der Waals surface area contributed by atoms with E-state index in [4.69, 9.17) is 0 Å². The van der Waals surface area contributed by atoms with Crippen molar-refractivity contribution < 1.29 is 18.0 Å². The zero-order chi connectivity index (χ0) is 21.6. The Bertz CT molecular complexity index is 1180. The molecule has 2 aliphatic rings. The summed E-state index contributed by atoms with van der Waals surface area (Å²) in [4.78, 5) is 40.9. The number of aryl methyl sites for hydroxylation is 1. The molecule has 0 aliphatic carbocycles. The minimum atomic E-state index is -3.78. The van der Waals surface area contributed by atoms with Crippen LogP contribution in [0.2, 0.25) is 0 Å². The molecule has 30 heavy (non-hydrogen) atoms. The Morgan fingerprint density at radius 3 is 2.50 bits per heavy atom. The molecule has 1 aromatic heterocycles. The number of carbonyl (C=O) groups is 2. The molecule has 1 unspecified atom stereocenters. The first kappa shape index (κ1) is 21.1. The molecule has 1 atom stereocenters. The Hall–Kier alpha value is -2.15. The number of thioether (sulfide) groups is 1. The van der Waals surface area contributed by atoms with Gasteiger partial charge in [-0.1, -0.05) is 11.3 Å². The zero-order valence-corrected chi connectivity index (χ0v) is 18.7. The van der Waals surface area contributed by atoms with Crippen molar-refractivity contribution in [2.24, 2.45) is 0 Å². The normalized spacial score (nSPS) is 20.0. The predicted molar refractivity (Wildman–Crippen MR) is 115 cm³/mol. The highest BCUT2D eigenvalue weighted by Crippen LogP contribution is 2.36. The summed E-state index contributed by atoms with van der Waals surface area (Å²) in [6.45, 7) is 4.15. The van der Waals surface area contributed by atoms with Crippen LogP contribution in [0.4, 0.5) is 5.69 Å². The fourth-order valence-electron chi connectivity index (χ4n) is 3.41. The highest BCUT2D eigenvalue weighted by atomic mass is 32.2. The smallest absolute Gasteiger partial charge is 0.305 e. The lowest BCUT2D eigenvalue weighted by Gasteiger charge is -2.34. The van der Waals surface area contributed by atoms with Crippen molar-refractivity contribution in [3.63, 3.8) is 0 Å². The molecule has 1 aromatic carbocycles. The van der Waals surface area contributed by atoms with Crippen molar-refractivity contribution in [1.82, 2.24) is 14.2 Å². The summed E-state index contributed by atoms with van der Waals surface area (Å²) >= 11 is 2.12. The number of nitrogens with zero attached hydrogens (tertiary/aromatic N) is 2. The first-order valence-corrected chi connectivity index (χ1v) is 12.4. The van der Waals surface area contributed by atoms with Gasteiger partial charge in [-0.2, -0.15) is 4.31 Å². The van der Waals surface area contributed by atoms with Gasteiger partial charge in [0.05, 0.1) is 10.9 Å². The number of piperazine rings is 1. The fourth-order valence-corrected chi connectivity index (χ4v) is 7.20. The average molecular weight is 469 g/mol. The first-order valence-electron chi connectivity index (χ1n) is 9.27. The Morgan fingerprint density at radius 1 is 1.17 bits per heavy atom. The summed E-state index contributed by atoms with van der Waals surface area (Å²) in [5.41, 5.74) is 1.39. The van der Waals surface area contributed by atoms with Crippen LogP contribution in [0.3, 0.4) is 0 Å². The molecule has 0 saturated carbocycles. The van der Waals surface area contributed by atoms with E-state index in [1.165, 1.54) is 16.1 Å². The third-order valence-electron chi connectivity index (χ3n) is 5.04. The second-order valence-corrected chi connectivity index (χ2v) is 11.6. The maximum Gasteiger partial charge on any atom is 0.305 e. The van der Waals surface area contributed by atoms with Crippen LogP contribution in [0.1, 0.15) is 23.0 Å². The quantitative estimate of drug-likeness (QED) is 0.701. The van der Waals surface area contributed by atoms with Crippen molar-refractivity contribution in [3.05, 3.63) is 39.1 Å². The molecule has 1 saturated heterocycles. The molecule has 2 amide bonds. The molecule has 4 rings (SSSR count). The van der Waals surface area contributed by atoms with E-state index in [1.807, 2.05) is 13.0 Å². The number of H-pyrrole nitrogens is 1. The van der Waals surface area contributed by atoms with Crippen LogP contribution in [0.15, 0.2) is 32.1 Å². The molecule has 0 spiro atoms. The van der Waals surface area contributed by atoms with E-state index in [1.54, 1.807) is 24.0 Å². The SMILES string of the molecule is Cc1[nH]c(=O)sc1S(=O)(=O)N1CCN(C(=O)c2ccc3c(c2)NC(=O)C(C)S3)CC1. The van der Waals surface area contributed by atoms with Gasteiger partial charge < -0.3 is 15.2 Å². The predicted octanol–water partition coefficient (Wildman–Crippen LogP) is 1.32. The van der Waals surface area contributed by atoms with E-state index in [2.05, 4.69) is 10.3 Å². The lowest BCUT2D eigenvalue weighted by Crippen LogP contribution is -2.50. The van der Waals surface area contributed by atoms with Crippen LogP contribution in [0.5, 0.6) is 0 Å². The number of sulfonamides is 1. The summed E-state index contributed by atoms with van der Waals surface area (Å²) in [6.07, 6.45) is 0. The number of fused-ring (bicyclic) bond motifs is 1. The number of rotatable bonds is 3. The molecule has 12 heteroatoms. The molecular formula is C18H20N4O5S3. The van der Waals surface area contributed by atoms with Gasteiger partial charge in [-0.05, 0) is 32.0 Å². The Labute approximate surface area is 181 Å². The highest BCUT2D eigenvalue weighted by Gasteiger charge is 2.33. The molecule has 1 fully saturated rings. The molecule has 0 bridgehead atoms. The number of nitrogens with one attached hydrogen (secondary N) is 2. The average Bonchev–Trinajstić information content (AvgIpc) is 3.07. The number of aromatic nitrogens is 1. The molecule has 3 heterocycles. The summed E-state index contributed by atoms with van der Waals surface area (Å²) in [5.74, 6) is -0.312. The summed E-state index contributed by atoms with van der Waals surface area (Å²) < 4.78 is 27.0. The van der Waals surface area contributed by atoms with Crippen molar-refractivity contribution in [2.45, 2.75) is 28.2 Å². The molecule has 160 valence electrons. The Morgan fingerprint density at radius 2 is 1.87 bits per heavy atom. The summed E-state index contributed by atoms with van der Waals surface area (Å²) in [6, 6.07) is 5.21. The standard InChI is InChI=1S/C18H20N4O5S3/c1-10-17(29-18(25)19-10)30(26,27)22-7-5-21(6-8-22)16(24)12-3-4-14-13(9-12)20-15(23)11(2)28-14/h3-4,9,11H,5-8H2,1-2H3,(H,19,25)(H,20,23). The Kier molecular flexibility index (Phi) is 5.51. The van der Waals surface area contributed by atoms with E-state index in [0.717, 1.165) is 4.90 Å². The van der Waals surface area contributed by atoms with E-state index in [-0.39, 0.29) is 47.5 Å². The number of carbonyl (C=O) groups excluding carboxylic acids is 2. The second kappa shape index (κ2) is 7.84. The van der Waals surface area contributed by atoms with E-state index in [9.17, 15) is 22.8 Å². The number of aromatic amines is 1. The van der Waals surface area contributed by atoms with E-state index in [0.29, 0.717) is 28.3 Å². The van der Waals surface area contributed by atoms with Crippen molar-refractivity contribution >= 4 is 50.6 Å². The van der Waals surface area contributed by atoms with Crippen molar-refractivity contribution in [1.29, 1.82) is 0 Å². The van der Waals surface area contributed by atoms with Crippen LogP contribution in [0, 0.1) is 6.92 Å². The molecule has 2 aromatic rings. The molecular weight excluding hydrogens is 448 g/mol. The van der Waals surface area contributed by atoms with Gasteiger partial charge in [0, 0.05) is 42.3 Å². The third-order valence-corrected chi connectivity index (χ3v) is 9.70. The number of amides is 2.